The molecule has 0 radical (unpaired) electrons. The molecule has 0 aliphatic carbocycles. The van der Waals surface area contributed by atoms with Gasteiger partial charge in [0.15, 0.2) is 11.5 Å². The summed E-state index contributed by atoms with van der Waals surface area (Å²) in [6, 6.07) is 10.9. The molecule has 1 amide bonds. The number of amides is 1. The minimum Gasteiger partial charge on any atom is -0.486 e. The van der Waals surface area contributed by atoms with Crippen LogP contribution in [0.4, 0.5) is 5.95 Å². The average Bonchev–Trinajstić information content (AvgIpc) is 2.72. The maximum Gasteiger partial charge on any atom is 0.272 e. The Bertz CT molecular complexity index is 1040. The van der Waals surface area contributed by atoms with Crippen LogP contribution in [-0.2, 0) is 0 Å². The molecule has 0 bridgehead atoms. The van der Waals surface area contributed by atoms with E-state index in [1.807, 2.05) is 38.1 Å². The van der Waals surface area contributed by atoms with Crippen LogP contribution in [0.1, 0.15) is 21.7 Å². The SMILES string of the molecule is Cc1cc(C)nc(NNC(=O)c2cccnc2Sc2ccc3c(c2)OCCO3)n1. The van der Waals surface area contributed by atoms with E-state index in [1.54, 1.807) is 18.3 Å². The molecule has 1 aliphatic rings. The van der Waals surface area contributed by atoms with Crippen LogP contribution in [0.15, 0.2) is 52.5 Å². The predicted molar refractivity (Wildman–Crippen MR) is 108 cm³/mol. The summed E-state index contributed by atoms with van der Waals surface area (Å²) in [4.78, 5) is 26.5. The third-order valence-electron chi connectivity index (χ3n) is 4.01. The lowest BCUT2D eigenvalue weighted by molar-refractivity contribution is 0.0958. The molecule has 9 heteroatoms. The molecule has 1 aromatic carbocycles. The summed E-state index contributed by atoms with van der Waals surface area (Å²) in [7, 11) is 0. The molecule has 4 rings (SSSR count). The molecule has 2 N–H and O–H groups in total. The van der Waals surface area contributed by atoms with E-state index in [4.69, 9.17) is 9.47 Å². The van der Waals surface area contributed by atoms with Crippen molar-refractivity contribution in [1.82, 2.24) is 20.4 Å². The molecule has 148 valence electrons. The van der Waals surface area contributed by atoms with Crippen molar-refractivity contribution in [3.63, 3.8) is 0 Å². The van der Waals surface area contributed by atoms with E-state index in [-0.39, 0.29) is 5.91 Å². The van der Waals surface area contributed by atoms with Crippen LogP contribution in [0.5, 0.6) is 11.5 Å². The molecular formula is C20H19N5O3S. The van der Waals surface area contributed by atoms with Gasteiger partial charge in [0, 0.05) is 22.5 Å². The quantitative estimate of drug-likeness (QED) is 0.620. The molecule has 29 heavy (non-hydrogen) atoms. The maximum absolute atomic E-state index is 12.7. The molecule has 8 nitrogen and oxygen atoms in total. The van der Waals surface area contributed by atoms with Gasteiger partial charge in [-0.05, 0) is 50.2 Å². The van der Waals surface area contributed by atoms with Crippen LogP contribution in [0.2, 0.25) is 0 Å². The Labute approximate surface area is 172 Å². The second-order valence-electron chi connectivity index (χ2n) is 6.32. The van der Waals surface area contributed by atoms with Crippen LogP contribution in [-0.4, -0.2) is 34.1 Å². The van der Waals surface area contributed by atoms with E-state index in [2.05, 4.69) is 25.8 Å². The van der Waals surface area contributed by atoms with Gasteiger partial charge in [0.2, 0.25) is 5.95 Å². The molecule has 1 aliphatic heterocycles. The van der Waals surface area contributed by atoms with Crippen LogP contribution in [0, 0.1) is 13.8 Å². The van der Waals surface area contributed by atoms with E-state index in [9.17, 15) is 4.79 Å². The Kier molecular flexibility index (Phi) is 5.48. The number of nitrogens with zero attached hydrogens (tertiary/aromatic N) is 3. The Hall–Kier alpha value is -3.33. The first-order chi connectivity index (χ1) is 14.1. The highest BCUT2D eigenvalue weighted by molar-refractivity contribution is 7.99. The number of nitrogens with one attached hydrogen (secondary N) is 2. The normalized spacial score (nSPS) is 12.3. The number of benzene rings is 1. The number of ether oxygens (including phenoxy) is 2. The molecule has 0 saturated carbocycles. The largest absolute Gasteiger partial charge is 0.486 e. The van der Waals surface area contributed by atoms with Gasteiger partial charge in [-0.1, -0.05) is 11.8 Å². The highest BCUT2D eigenvalue weighted by Crippen LogP contribution is 2.37. The standard InChI is InChI=1S/C20H19N5O3S/c1-12-10-13(2)23-20(22-12)25-24-18(26)15-4-3-7-21-19(15)29-14-5-6-16-17(11-14)28-9-8-27-16/h3-7,10-11H,8-9H2,1-2H3,(H,24,26)(H,22,23,25). The minimum absolute atomic E-state index is 0.332. The molecule has 3 heterocycles. The number of aryl methyl sites for hydroxylation is 2. The number of hydrazine groups is 1. The van der Waals surface area contributed by atoms with Crippen LogP contribution >= 0.6 is 11.8 Å². The van der Waals surface area contributed by atoms with E-state index in [0.717, 1.165) is 22.0 Å². The number of pyridine rings is 1. The molecule has 3 aromatic rings. The van der Waals surface area contributed by atoms with Crippen molar-refractivity contribution in [3.05, 3.63) is 59.5 Å². The molecule has 0 spiro atoms. The van der Waals surface area contributed by atoms with Gasteiger partial charge < -0.3 is 9.47 Å². The average molecular weight is 409 g/mol. The summed E-state index contributed by atoms with van der Waals surface area (Å²) < 4.78 is 11.2. The van der Waals surface area contributed by atoms with Crippen molar-refractivity contribution in [2.75, 3.05) is 18.6 Å². The van der Waals surface area contributed by atoms with Crippen LogP contribution in [0.3, 0.4) is 0 Å². The predicted octanol–water partition coefficient (Wildman–Crippen LogP) is 3.17. The van der Waals surface area contributed by atoms with Crippen molar-refractivity contribution < 1.29 is 14.3 Å². The zero-order valence-electron chi connectivity index (χ0n) is 15.9. The zero-order valence-corrected chi connectivity index (χ0v) is 16.7. The Balaban J connectivity index is 1.49. The molecular weight excluding hydrogens is 390 g/mol. The summed E-state index contributed by atoms with van der Waals surface area (Å²) in [5, 5.41) is 0.574. The third kappa shape index (κ3) is 4.57. The van der Waals surface area contributed by atoms with Crippen LogP contribution in [0.25, 0.3) is 0 Å². The van der Waals surface area contributed by atoms with Gasteiger partial charge in [-0.15, -0.1) is 0 Å². The smallest absolute Gasteiger partial charge is 0.272 e. The number of hydrogen-bond donors (Lipinski definition) is 2. The first-order valence-corrected chi connectivity index (χ1v) is 9.81. The van der Waals surface area contributed by atoms with Crippen molar-refractivity contribution >= 4 is 23.6 Å². The summed E-state index contributed by atoms with van der Waals surface area (Å²) in [5.41, 5.74) is 7.45. The lowest BCUT2D eigenvalue weighted by atomic mass is 10.3. The summed E-state index contributed by atoms with van der Waals surface area (Å²) in [6.07, 6.45) is 1.65. The van der Waals surface area contributed by atoms with E-state index in [0.29, 0.717) is 35.5 Å². The monoisotopic (exact) mass is 409 g/mol. The fourth-order valence-electron chi connectivity index (χ4n) is 2.81. The lowest BCUT2D eigenvalue weighted by Crippen LogP contribution is -2.31. The number of carbonyl (C=O) groups is 1. The number of aromatic nitrogens is 3. The zero-order chi connectivity index (χ0) is 20.2. The molecule has 0 unspecified atom stereocenters. The Morgan fingerprint density at radius 3 is 2.59 bits per heavy atom. The van der Waals surface area contributed by atoms with Gasteiger partial charge in [0.05, 0.1) is 5.56 Å². The fourth-order valence-corrected chi connectivity index (χ4v) is 3.72. The van der Waals surface area contributed by atoms with Gasteiger partial charge in [0.1, 0.15) is 18.2 Å². The van der Waals surface area contributed by atoms with Gasteiger partial charge in [-0.2, -0.15) is 0 Å². The van der Waals surface area contributed by atoms with Crippen LogP contribution < -0.4 is 20.3 Å². The van der Waals surface area contributed by atoms with Crippen molar-refractivity contribution in [2.24, 2.45) is 0 Å². The third-order valence-corrected chi connectivity index (χ3v) is 5.02. The second kappa shape index (κ2) is 8.36. The molecule has 2 aromatic heterocycles. The maximum atomic E-state index is 12.7. The Morgan fingerprint density at radius 1 is 1.03 bits per heavy atom. The van der Waals surface area contributed by atoms with Gasteiger partial charge in [-0.25, -0.2) is 15.0 Å². The first kappa shape index (κ1) is 19.0. The summed E-state index contributed by atoms with van der Waals surface area (Å²) in [5.74, 6) is 1.41. The van der Waals surface area contributed by atoms with Crippen molar-refractivity contribution in [2.45, 2.75) is 23.8 Å². The summed E-state index contributed by atoms with van der Waals surface area (Å²) >= 11 is 1.38. The highest BCUT2D eigenvalue weighted by atomic mass is 32.2. The van der Waals surface area contributed by atoms with E-state index >= 15 is 0 Å². The topological polar surface area (TPSA) is 98.3 Å². The second-order valence-corrected chi connectivity index (χ2v) is 7.38. The van der Waals surface area contributed by atoms with Gasteiger partial charge >= 0.3 is 0 Å². The number of anilines is 1. The minimum atomic E-state index is -0.332. The highest BCUT2D eigenvalue weighted by Gasteiger charge is 2.16. The van der Waals surface area contributed by atoms with Gasteiger partial charge in [-0.3, -0.25) is 15.6 Å². The van der Waals surface area contributed by atoms with Crippen molar-refractivity contribution in [3.8, 4) is 11.5 Å². The fraction of sp³-hybridized carbons (Fsp3) is 0.200. The number of fused-ring (bicyclic) bond motifs is 1. The number of carbonyl (C=O) groups excluding carboxylic acids is 1. The van der Waals surface area contributed by atoms with E-state index in [1.165, 1.54) is 11.8 Å². The number of rotatable bonds is 5. The lowest BCUT2D eigenvalue weighted by Gasteiger charge is -2.18. The van der Waals surface area contributed by atoms with Crippen molar-refractivity contribution in [1.29, 1.82) is 0 Å². The first-order valence-electron chi connectivity index (χ1n) is 8.99. The summed E-state index contributed by atoms with van der Waals surface area (Å²) in [6.45, 7) is 4.79. The molecule has 0 fully saturated rings. The molecule has 0 atom stereocenters. The van der Waals surface area contributed by atoms with Gasteiger partial charge in [0.25, 0.3) is 5.91 Å². The molecule has 0 saturated heterocycles. The Morgan fingerprint density at radius 2 is 1.79 bits per heavy atom. The number of hydrogen-bond acceptors (Lipinski definition) is 8. The van der Waals surface area contributed by atoms with E-state index < -0.39 is 0 Å².